The van der Waals surface area contributed by atoms with Crippen molar-refractivity contribution in [2.24, 2.45) is 21.8 Å². The van der Waals surface area contributed by atoms with Gasteiger partial charge in [-0.15, -0.1) is 0 Å². The molecule has 0 amide bonds. The highest BCUT2D eigenvalue weighted by Gasteiger charge is 2.17. The largest absolute Gasteiger partial charge is 0.382 e. The van der Waals surface area contributed by atoms with Gasteiger partial charge in [-0.3, -0.25) is 5.14 Å². The van der Waals surface area contributed by atoms with Crippen LogP contribution in [0, 0.1) is 0 Å². The molecule has 2 aromatic rings. The first-order valence-corrected chi connectivity index (χ1v) is 8.58. The van der Waals surface area contributed by atoms with Gasteiger partial charge in [0.15, 0.2) is 5.84 Å². The number of hydrogen-bond donors (Lipinski definition) is 3. The molecular weight excluding hydrogens is 296 g/mol. The molecule has 0 aliphatic heterocycles. The van der Waals surface area contributed by atoms with Gasteiger partial charge in [-0.05, 0) is 35.0 Å². The van der Waals surface area contributed by atoms with Gasteiger partial charge in [0.05, 0.1) is 14.6 Å². The molecule has 0 bridgehead atoms. The number of nitrogens with zero attached hydrogens (tertiary/aromatic N) is 1. The summed E-state index contributed by atoms with van der Waals surface area (Å²) in [6, 6.07) is 13.3. The van der Waals surface area contributed by atoms with E-state index in [4.69, 9.17) is 16.7 Å². The van der Waals surface area contributed by atoms with Crippen molar-refractivity contribution in [1.29, 1.82) is 0 Å². The average Bonchev–Trinajstić information content (AvgIpc) is 2.52. The van der Waals surface area contributed by atoms with Gasteiger partial charge < -0.3 is 11.6 Å². The second-order valence-corrected chi connectivity index (χ2v) is 6.86. The lowest BCUT2D eigenvalue weighted by atomic mass is 9.97. The summed E-state index contributed by atoms with van der Waals surface area (Å²) in [5.41, 5.74) is 9.29. The van der Waals surface area contributed by atoms with Gasteiger partial charge >= 0.3 is 0 Å². The number of aryl methyl sites for hydroxylation is 1. The summed E-state index contributed by atoms with van der Waals surface area (Å²) in [6.07, 6.45) is 0.953. The number of nitrogens with two attached hydrogens (primary N) is 3. The van der Waals surface area contributed by atoms with E-state index in [0.29, 0.717) is 10.5 Å². The fraction of sp³-hybridized carbons (Fsp3) is 0.125. The number of benzene rings is 2. The Morgan fingerprint density at radius 3 is 2.36 bits per heavy atom. The zero-order valence-electron chi connectivity index (χ0n) is 12.5. The van der Waals surface area contributed by atoms with Crippen LogP contribution in [0.25, 0.3) is 11.1 Å². The maximum atomic E-state index is 12.2. The lowest BCUT2D eigenvalue weighted by Crippen LogP contribution is -2.23. The zero-order chi connectivity index (χ0) is 16.3. The van der Waals surface area contributed by atoms with Crippen LogP contribution in [-0.2, 0) is 16.1 Å². The van der Waals surface area contributed by atoms with E-state index < -0.39 is 9.71 Å². The molecule has 0 aliphatic carbocycles. The van der Waals surface area contributed by atoms with Crippen molar-refractivity contribution in [3.05, 3.63) is 53.6 Å². The maximum Gasteiger partial charge on any atom is 0.152 e. The molecule has 0 heterocycles. The van der Waals surface area contributed by atoms with Gasteiger partial charge in [-0.25, -0.2) is 4.21 Å². The van der Waals surface area contributed by atoms with Crippen LogP contribution in [0.5, 0.6) is 0 Å². The first-order valence-electron chi connectivity index (χ1n) is 6.79. The van der Waals surface area contributed by atoms with E-state index in [2.05, 4.69) is 17.9 Å². The third-order valence-electron chi connectivity index (χ3n) is 3.47. The van der Waals surface area contributed by atoms with Crippen LogP contribution in [0.2, 0.25) is 0 Å². The second-order valence-electron chi connectivity index (χ2n) is 4.97. The van der Waals surface area contributed by atoms with Gasteiger partial charge in [0.25, 0.3) is 0 Å². The molecule has 0 saturated heterocycles. The molecule has 1 atom stereocenters. The third-order valence-corrected chi connectivity index (χ3v) is 4.55. The second kappa shape index (κ2) is 6.21. The molecule has 0 aromatic heterocycles. The zero-order valence-corrected chi connectivity index (χ0v) is 13.3. The molecular formula is C16H20N4OS. The van der Waals surface area contributed by atoms with E-state index in [1.807, 2.05) is 30.3 Å². The Balaban J connectivity index is 2.75. The Hall–Kier alpha value is -2.31. The monoisotopic (exact) mass is 316 g/mol. The number of amidine groups is 1. The Bertz CT molecular complexity index is 809. The third kappa shape index (κ3) is 3.13. The van der Waals surface area contributed by atoms with Crippen molar-refractivity contribution in [3.63, 3.8) is 0 Å². The van der Waals surface area contributed by atoms with Crippen molar-refractivity contribution in [3.8, 4) is 11.1 Å². The Morgan fingerprint density at radius 1 is 1.23 bits per heavy atom. The molecule has 22 heavy (non-hydrogen) atoms. The molecule has 6 heteroatoms. The minimum absolute atomic E-state index is 0.0759. The summed E-state index contributed by atoms with van der Waals surface area (Å²) in [4.78, 5) is 0.344. The molecule has 0 aliphatic rings. The molecule has 5 nitrogen and oxygen atoms in total. The highest BCUT2D eigenvalue weighted by molar-refractivity contribution is 7.98. The summed E-state index contributed by atoms with van der Waals surface area (Å²) in [6.45, 7) is 2.09. The van der Waals surface area contributed by atoms with Gasteiger partial charge in [0.1, 0.15) is 0 Å². The fourth-order valence-electron chi connectivity index (χ4n) is 2.31. The lowest BCUT2D eigenvalue weighted by Gasteiger charge is -2.15. The molecule has 0 radical (unpaired) electrons. The van der Waals surface area contributed by atoms with Gasteiger partial charge in [0.2, 0.25) is 0 Å². The highest BCUT2D eigenvalue weighted by atomic mass is 32.2. The topological polar surface area (TPSA) is 107 Å². The van der Waals surface area contributed by atoms with Crippen molar-refractivity contribution >= 4 is 21.4 Å². The fourth-order valence-corrected chi connectivity index (χ4v) is 3.18. The number of hydrogen-bond acceptors (Lipinski definition) is 3. The molecule has 6 N–H and O–H groups in total. The molecule has 0 spiro atoms. The quantitative estimate of drug-likeness (QED) is 0.261. The van der Waals surface area contributed by atoms with Crippen molar-refractivity contribution in [1.82, 2.24) is 0 Å². The van der Waals surface area contributed by atoms with E-state index in [-0.39, 0.29) is 5.84 Å². The molecule has 2 rings (SSSR count). The summed E-state index contributed by atoms with van der Waals surface area (Å²) in [5.74, 6) is 8.93. The number of hydrazone groups is 1. The maximum absolute atomic E-state index is 12.2. The summed E-state index contributed by atoms with van der Waals surface area (Å²) < 4.78 is 12.2. The van der Waals surface area contributed by atoms with E-state index in [1.54, 1.807) is 12.1 Å². The van der Waals surface area contributed by atoms with Crippen LogP contribution in [0.3, 0.4) is 0 Å². The Kier molecular flexibility index (Phi) is 4.54. The van der Waals surface area contributed by atoms with Crippen LogP contribution in [-0.4, -0.2) is 15.9 Å². The standard InChI is InChI=1S/C16H20N4OS/c1-3-11-7-9-12(10-8-11)13-5-4-6-14(22(2,19)21)15(13)16(17)20-18/h4-10H,2-3,18H2,1H3,(H2,17,20)(H2,19,21). The SMILES string of the molecule is C=S(N)(=O)c1cccc(-c2ccc(CC)cc2)c1/C(N)=N/N. The van der Waals surface area contributed by atoms with Crippen molar-refractivity contribution in [2.45, 2.75) is 18.2 Å². The minimum Gasteiger partial charge on any atom is -0.382 e. The Labute approximate surface area is 131 Å². The Morgan fingerprint density at radius 2 is 1.86 bits per heavy atom. The number of rotatable bonds is 4. The molecule has 0 fully saturated rings. The normalized spacial score (nSPS) is 14.5. The molecule has 2 aromatic carbocycles. The average molecular weight is 316 g/mol. The van der Waals surface area contributed by atoms with E-state index in [9.17, 15) is 4.21 Å². The van der Waals surface area contributed by atoms with E-state index in [0.717, 1.165) is 17.5 Å². The van der Waals surface area contributed by atoms with Gasteiger partial charge in [0, 0.05) is 5.56 Å². The van der Waals surface area contributed by atoms with Gasteiger partial charge in [-0.2, -0.15) is 5.10 Å². The molecule has 116 valence electrons. The van der Waals surface area contributed by atoms with Crippen LogP contribution in [0.1, 0.15) is 18.1 Å². The van der Waals surface area contributed by atoms with Gasteiger partial charge in [-0.1, -0.05) is 43.3 Å². The van der Waals surface area contributed by atoms with Crippen LogP contribution < -0.4 is 16.7 Å². The van der Waals surface area contributed by atoms with Crippen molar-refractivity contribution in [2.75, 3.05) is 0 Å². The summed E-state index contributed by atoms with van der Waals surface area (Å²) >= 11 is 0. The predicted octanol–water partition coefficient (Wildman–Crippen LogP) is 1.44. The first-order chi connectivity index (χ1) is 10.4. The van der Waals surface area contributed by atoms with Crippen LogP contribution >= 0.6 is 0 Å². The van der Waals surface area contributed by atoms with Crippen molar-refractivity contribution < 1.29 is 4.21 Å². The highest BCUT2D eigenvalue weighted by Crippen LogP contribution is 2.28. The molecule has 0 saturated carbocycles. The van der Waals surface area contributed by atoms with Crippen LogP contribution in [0.15, 0.2) is 52.5 Å². The molecule has 1 unspecified atom stereocenters. The smallest absolute Gasteiger partial charge is 0.152 e. The van der Waals surface area contributed by atoms with Crippen LogP contribution in [0.4, 0.5) is 0 Å². The summed E-state index contributed by atoms with van der Waals surface area (Å²) in [5, 5.41) is 9.25. The first kappa shape index (κ1) is 16.1. The van der Waals surface area contributed by atoms with E-state index in [1.165, 1.54) is 5.56 Å². The minimum atomic E-state index is -2.95. The lowest BCUT2D eigenvalue weighted by molar-refractivity contribution is 0.682. The van der Waals surface area contributed by atoms with E-state index >= 15 is 0 Å². The predicted molar refractivity (Wildman–Crippen MR) is 93.9 cm³/mol. The summed E-state index contributed by atoms with van der Waals surface area (Å²) in [7, 11) is -2.95.